The predicted molar refractivity (Wildman–Crippen MR) is 84.7 cm³/mol. The highest BCUT2D eigenvalue weighted by Gasteiger charge is 2.14. The van der Waals surface area contributed by atoms with E-state index in [1.165, 1.54) is 0 Å². The molecule has 1 amide bonds. The molecule has 5 nitrogen and oxygen atoms in total. The van der Waals surface area contributed by atoms with Gasteiger partial charge in [0.15, 0.2) is 5.69 Å². The number of H-pyrrole nitrogens is 1. The smallest absolute Gasteiger partial charge is 0.276 e. The molecule has 2 aromatic carbocycles. The summed E-state index contributed by atoms with van der Waals surface area (Å²) in [5, 5.41) is 9.79. The molecular weight excluding hydrogens is 278 g/mol. The molecule has 0 aliphatic carbocycles. The molecule has 22 heavy (non-hydrogen) atoms. The number of aryl methyl sites for hydroxylation is 1. The number of hydrogen-bond donors (Lipinski definition) is 2. The zero-order valence-electron chi connectivity index (χ0n) is 12.1. The molecule has 3 aromatic rings. The van der Waals surface area contributed by atoms with Crippen molar-refractivity contribution in [3.63, 3.8) is 0 Å². The Morgan fingerprint density at radius 3 is 2.64 bits per heavy atom. The van der Waals surface area contributed by atoms with Gasteiger partial charge in [-0.25, -0.2) is 0 Å². The summed E-state index contributed by atoms with van der Waals surface area (Å²) in [7, 11) is 0. The normalized spacial score (nSPS) is 10.6. The maximum atomic E-state index is 12.3. The number of benzene rings is 2. The summed E-state index contributed by atoms with van der Waals surface area (Å²) >= 11 is 0. The average Bonchev–Trinajstić information content (AvgIpc) is 2.55. The fourth-order valence-corrected chi connectivity index (χ4v) is 2.20. The number of hydrogen-bond acceptors (Lipinski definition) is 3. The molecule has 0 radical (unpaired) electrons. The quantitative estimate of drug-likeness (QED) is 0.777. The van der Waals surface area contributed by atoms with Crippen LogP contribution in [0.4, 0.5) is 0 Å². The Morgan fingerprint density at radius 1 is 1.14 bits per heavy atom. The molecule has 0 unspecified atom stereocenters. The molecule has 5 heteroatoms. The topological polar surface area (TPSA) is 74.8 Å². The molecule has 0 aliphatic heterocycles. The molecule has 3 rings (SSSR count). The lowest BCUT2D eigenvalue weighted by atomic mass is 10.1. The van der Waals surface area contributed by atoms with E-state index in [1.807, 2.05) is 31.2 Å². The summed E-state index contributed by atoms with van der Waals surface area (Å²) in [5.74, 6) is -0.479. The van der Waals surface area contributed by atoms with E-state index >= 15 is 0 Å². The first-order valence-corrected chi connectivity index (χ1v) is 6.96. The summed E-state index contributed by atoms with van der Waals surface area (Å²) in [6, 6.07) is 14.8. The number of amides is 1. The predicted octanol–water partition coefficient (Wildman–Crippen LogP) is 2.16. The molecule has 0 saturated heterocycles. The summed E-state index contributed by atoms with van der Waals surface area (Å²) in [4.78, 5) is 24.4. The van der Waals surface area contributed by atoms with E-state index in [4.69, 9.17) is 0 Å². The van der Waals surface area contributed by atoms with Crippen LogP contribution in [0.15, 0.2) is 53.3 Å². The lowest BCUT2D eigenvalue weighted by Gasteiger charge is -2.05. The SMILES string of the molecule is Cc1ccc(CNC(=O)c2n[nH]c3ccccc3c2=O)cc1. The molecule has 0 fully saturated rings. The third kappa shape index (κ3) is 2.74. The van der Waals surface area contributed by atoms with Gasteiger partial charge in [-0.05, 0) is 24.6 Å². The molecule has 0 saturated carbocycles. The number of nitrogens with zero attached hydrogens (tertiary/aromatic N) is 1. The monoisotopic (exact) mass is 293 g/mol. The van der Waals surface area contributed by atoms with Gasteiger partial charge >= 0.3 is 0 Å². The van der Waals surface area contributed by atoms with Gasteiger partial charge in [0.1, 0.15) is 0 Å². The molecule has 1 aromatic heterocycles. The first-order valence-electron chi connectivity index (χ1n) is 6.96. The highest BCUT2D eigenvalue weighted by atomic mass is 16.2. The number of nitrogens with one attached hydrogen (secondary N) is 2. The second-order valence-electron chi connectivity index (χ2n) is 5.12. The Kier molecular flexibility index (Phi) is 3.70. The first-order chi connectivity index (χ1) is 10.6. The van der Waals surface area contributed by atoms with E-state index in [1.54, 1.807) is 24.3 Å². The van der Waals surface area contributed by atoms with Crippen molar-refractivity contribution in [1.82, 2.24) is 15.5 Å². The second-order valence-corrected chi connectivity index (χ2v) is 5.12. The third-order valence-corrected chi connectivity index (χ3v) is 3.46. The maximum Gasteiger partial charge on any atom is 0.276 e. The van der Waals surface area contributed by atoms with Crippen LogP contribution in [0.25, 0.3) is 10.9 Å². The van der Waals surface area contributed by atoms with Crippen molar-refractivity contribution >= 4 is 16.8 Å². The summed E-state index contributed by atoms with van der Waals surface area (Å²) in [6.07, 6.45) is 0. The third-order valence-electron chi connectivity index (χ3n) is 3.46. The van der Waals surface area contributed by atoms with Gasteiger partial charge in [-0.2, -0.15) is 5.10 Å². The van der Waals surface area contributed by atoms with E-state index in [2.05, 4.69) is 15.5 Å². The molecule has 2 N–H and O–H groups in total. The van der Waals surface area contributed by atoms with Crippen LogP contribution in [-0.4, -0.2) is 16.1 Å². The second kappa shape index (κ2) is 5.81. The van der Waals surface area contributed by atoms with Crippen molar-refractivity contribution in [2.45, 2.75) is 13.5 Å². The van der Waals surface area contributed by atoms with Crippen LogP contribution in [0.3, 0.4) is 0 Å². The van der Waals surface area contributed by atoms with Crippen LogP contribution in [0, 0.1) is 6.92 Å². The molecule has 1 heterocycles. The Bertz CT molecular complexity index is 882. The highest BCUT2D eigenvalue weighted by molar-refractivity contribution is 5.95. The number of aromatic amines is 1. The van der Waals surface area contributed by atoms with Crippen molar-refractivity contribution < 1.29 is 4.79 Å². The van der Waals surface area contributed by atoms with E-state index in [0.29, 0.717) is 17.4 Å². The fourth-order valence-electron chi connectivity index (χ4n) is 2.20. The number of carbonyl (C=O) groups excluding carboxylic acids is 1. The van der Waals surface area contributed by atoms with Crippen LogP contribution in [0.5, 0.6) is 0 Å². The minimum absolute atomic E-state index is 0.120. The van der Waals surface area contributed by atoms with E-state index in [0.717, 1.165) is 11.1 Å². The van der Waals surface area contributed by atoms with E-state index < -0.39 is 5.91 Å². The van der Waals surface area contributed by atoms with Crippen molar-refractivity contribution in [2.75, 3.05) is 0 Å². The number of fused-ring (bicyclic) bond motifs is 1. The van der Waals surface area contributed by atoms with Gasteiger partial charge in [0.2, 0.25) is 5.43 Å². The van der Waals surface area contributed by atoms with Gasteiger partial charge in [0.05, 0.1) is 5.52 Å². The summed E-state index contributed by atoms with van der Waals surface area (Å²) in [5.41, 5.74) is 2.25. The average molecular weight is 293 g/mol. The lowest BCUT2D eigenvalue weighted by molar-refractivity contribution is 0.0944. The Labute approximate surface area is 127 Å². The van der Waals surface area contributed by atoms with E-state index in [9.17, 15) is 9.59 Å². The Morgan fingerprint density at radius 2 is 1.86 bits per heavy atom. The molecule has 110 valence electrons. The van der Waals surface area contributed by atoms with Crippen LogP contribution >= 0.6 is 0 Å². The summed E-state index contributed by atoms with van der Waals surface area (Å²) < 4.78 is 0. The van der Waals surface area contributed by atoms with Gasteiger partial charge < -0.3 is 5.32 Å². The van der Waals surface area contributed by atoms with Crippen molar-refractivity contribution in [2.24, 2.45) is 0 Å². The standard InChI is InChI=1S/C17H15N3O2/c1-11-6-8-12(9-7-11)10-18-17(22)15-16(21)13-4-2-3-5-14(13)19-20-15/h2-9H,10H2,1H3,(H,18,22)(H,19,21). The van der Waals surface area contributed by atoms with Gasteiger partial charge in [-0.3, -0.25) is 14.7 Å². The molecule has 0 spiro atoms. The van der Waals surface area contributed by atoms with Gasteiger partial charge in [-0.15, -0.1) is 0 Å². The van der Waals surface area contributed by atoms with Crippen LogP contribution in [0.2, 0.25) is 0 Å². The first kappa shape index (κ1) is 14.0. The van der Waals surface area contributed by atoms with E-state index in [-0.39, 0.29) is 11.1 Å². The maximum absolute atomic E-state index is 12.3. The van der Waals surface area contributed by atoms with Crippen LogP contribution in [-0.2, 0) is 6.54 Å². The number of para-hydroxylation sites is 1. The van der Waals surface area contributed by atoms with Crippen LogP contribution < -0.4 is 10.7 Å². The molecule has 0 atom stereocenters. The zero-order valence-corrected chi connectivity index (χ0v) is 12.1. The molecule has 0 aliphatic rings. The number of carbonyl (C=O) groups is 1. The Balaban J connectivity index is 1.82. The summed E-state index contributed by atoms with van der Waals surface area (Å²) in [6.45, 7) is 2.36. The van der Waals surface area contributed by atoms with Crippen molar-refractivity contribution in [1.29, 1.82) is 0 Å². The largest absolute Gasteiger partial charge is 0.346 e. The number of aromatic nitrogens is 2. The van der Waals surface area contributed by atoms with Crippen LogP contribution in [0.1, 0.15) is 21.6 Å². The minimum atomic E-state index is -0.479. The molecule has 0 bridgehead atoms. The van der Waals surface area contributed by atoms with Gasteiger partial charge in [0.25, 0.3) is 5.91 Å². The highest BCUT2D eigenvalue weighted by Crippen LogP contribution is 2.06. The Hall–Kier alpha value is -2.95. The lowest BCUT2D eigenvalue weighted by Crippen LogP contribution is -2.30. The number of rotatable bonds is 3. The van der Waals surface area contributed by atoms with Gasteiger partial charge in [0, 0.05) is 11.9 Å². The minimum Gasteiger partial charge on any atom is -0.346 e. The van der Waals surface area contributed by atoms with Crippen molar-refractivity contribution in [3.8, 4) is 0 Å². The fraction of sp³-hybridized carbons (Fsp3) is 0.118. The molecular formula is C17H15N3O2. The van der Waals surface area contributed by atoms with Crippen molar-refractivity contribution in [3.05, 3.63) is 75.6 Å². The zero-order chi connectivity index (χ0) is 15.5. The van der Waals surface area contributed by atoms with Gasteiger partial charge in [-0.1, -0.05) is 42.0 Å².